The van der Waals surface area contributed by atoms with Gasteiger partial charge in [0.15, 0.2) is 0 Å². The summed E-state index contributed by atoms with van der Waals surface area (Å²) in [4.78, 5) is 3.94. The van der Waals surface area contributed by atoms with Crippen molar-refractivity contribution in [1.82, 2.24) is 4.98 Å². The largest absolute Gasteiger partial charge is 0.397 e. The summed E-state index contributed by atoms with van der Waals surface area (Å²) in [5, 5.41) is 1.63. The monoisotopic (exact) mass is 176 g/mol. The number of hydrogen-bond acceptors (Lipinski definition) is 2. The third-order valence-electron chi connectivity index (χ3n) is 2.15. The summed E-state index contributed by atoms with van der Waals surface area (Å²) >= 11 is 0. The van der Waals surface area contributed by atoms with Gasteiger partial charge in [-0.25, -0.2) is 4.39 Å². The fourth-order valence-corrected chi connectivity index (χ4v) is 1.46. The number of fused-ring (bicyclic) bond motifs is 1. The molecular formula is C10H9FN2. The van der Waals surface area contributed by atoms with Crippen LogP contribution in [-0.2, 0) is 0 Å². The van der Waals surface area contributed by atoms with Crippen molar-refractivity contribution in [2.45, 2.75) is 6.92 Å². The lowest BCUT2D eigenvalue weighted by Gasteiger charge is -2.04. The average Bonchev–Trinajstić information content (AvgIpc) is 2.12. The molecule has 2 N–H and O–H groups in total. The van der Waals surface area contributed by atoms with E-state index in [4.69, 9.17) is 5.73 Å². The van der Waals surface area contributed by atoms with Crippen LogP contribution in [0.2, 0.25) is 0 Å². The molecule has 3 heteroatoms. The number of pyridine rings is 1. The first-order valence-corrected chi connectivity index (χ1v) is 3.98. The Bertz CT molecular complexity index is 466. The average molecular weight is 176 g/mol. The normalized spacial score (nSPS) is 10.6. The number of anilines is 1. The van der Waals surface area contributed by atoms with E-state index in [2.05, 4.69) is 4.98 Å². The molecule has 0 aliphatic heterocycles. The van der Waals surface area contributed by atoms with E-state index in [0.717, 1.165) is 10.8 Å². The summed E-state index contributed by atoms with van der Waals surface area (Å²) < 4.78 is 13.2. The number of nitrogens with two attached hydrogens (primary N) is 1. The Morgan fingerprint density at radius 2 is 2.08 bits per heavy atom. The maximum atomic E-state index is 13.2. The Balaban J connectivity index is 2.97. The second-order valence-corrected chi connectivity index (χ2v) is 3.00. The van der Waals surface area contributed by atoms with Gasteiger partial charge < -0.3 is 5.73 Å². The van der Waals surface area contributed by atoms with Crippen molar-refractivity contribution in [3.63, 3.8) is 0 Å². The summed E-state index contributed by atoms with van der Waals surface area (Å²) in [5.41, 5.74) is 6.80. The van der Waals surface area contributed by atoms with Gasteiger partial charge >= 0.3 is 0 Å². The molecule has 2 rings (SSSR count). The highest BCUT2D eigenvalue weighted by Gasteiger charge is 2.05. The highest BCUT2D eigenvalue weighted by molar-refractivity contribution is 5.94. The third-order valence-corrected chi connectivity index (χ3v) is 2.15. The van der Waals surface area contributed by atoms with E-state index in [0.29, 0.717) is 11.3 Å². The molecule has 1 aromatic carbocycles. The number of benzene rings is 1. The van der Waals surface area contributed by atoms with Crippen molar-refractivity contribution in [3.8, 4) is 0 Å². The summed E-state index contributed by atoms with van der Waals surface area (Å²) in [6.45, 7) is 1.72. The van der Waals surface area contributed by atoms with Gasteiger partial charge in [0.05, 0.1) is 11.9 Å². The topological polar surface area (TPSA) is 38.9 Å². The van der Waals surface area contributed by atoms with E-state index in [1.807, 2.05) is 0 Å². The smallest absolute Gasteiger partial charge is 0.126 e. The molecular weight excluding hydrogens is 167 g/mol. The summed E-state index contributed by atoms with van der Waals surface area (Å²) in [6, 6.07) is 3.11. The van der Waals surface area contributed by atoms with Crippen molar-refractivity contribution in [3.05, 3.63) is 35.9 Å². The van der Waals surface area contributed by atoms with Crippen LogP contribution < -0.4 is 5.73 Å². The van der Waals surface area contributed by atoms with Crippen molar-refractivity contribution in [2.24, 2.45) is 0 Å². The number of nitrogens with zero attached hydrogens (tertiary/aromatic N) is 1. The lowest BCUT2D eigenvalue weighted by atomic mass is 10.1. The van der Waals surface area contributed by atoms with Crippen LogP contribution in [0.1, 0.15) is 5.56 Å². The molecule has 0 bridgehead atoms. The predicted molar refractivity (Wildman–Crippen MR) is 50.9 cm³/mol. The second-order valence-electron chi connectivity index (χ2n) is 3.00. The van der Waals surface area contributed by atoms with E-state index in [9.17, 15) is 4.39 Å². The standard InChI is InChI=1S/C10H9FN2/c1-6-8(11)3-2-7-4-13-5-9(12)10(6)7/h2-5H,12H2,1H3. The first kappa shape index (κ1) is 7.98. The Labute approximate surface area is 75.2 Å². The molecule has 1 heterocycles. The van der Waals surface area contributed by atoms with E-state index in [1.54, 1.807) is 19.2 Å². The quantitative estimate of drug-likeness (QED) is 0.668. The van der Waals surface area contributed by atoms with E-state index in [-0.39, 0.29) is 5.82 Å². The van der Waals surface area contributed by atoms with Crippen molar-refractivity contribution in [2.75, 3.05) is 5.73 Å². The molecule has 66 valence electrons. The maximum Gasteiger partial charge on any atom is 0.126 e. The third kappa shape index (κ3) is 1.13. The number of hydrogen-bond donors (Lipinski definition) is 1. The summed E-state index contributed by atoms with van der Waals surface area (Å²) in [5.74, 6) is -0.231. The van der Waals surface area contributed by atoms with Crippen LogP contribution in [-0.4, -0.2) is 4.98 Å². The molecule has 0 aliphatic rings. The number of halogens is 1. The molecule has 0 spiro atoms. The van der Waals surface area contributed by atoms with E-state index >= 15 is 0 Å². The highest BCUT2D eigenvalue weighted by atomic mass is 19.1. The van der Waals surface area contributed by atoms with Gasteiger partial charge in [-0.2, -0.15) is 0 Å². The second kappa shape index (κ2) is 2.69. The maximum absolute atomic E-state index is 13.2. The number of nitrogen functional groups attached to an aromatic ring is 1. The van der Waals surface area contributed by atoms with Crippen LogP contribution in [0.15, 0.2) is 24.5 Å². The Hall–Kier alpha value is -1.64. The molecule has 0 atom stereocenters. The molecule has 0 unspecified atom stereocenters. The van der Waals surface area contributed by atoms with Crippen LogP contribution in [0, 0.1) is 12.7 Å². The Morgan fingerprint density at radius 1 is 1.31 bits per heavy atom. The lowest BCUT2D eigenvalue weighted by Crippen LogP contribution is -1.92. The number of aryl methyl sites for hydroxylation is 1. The van der Waals surface area contributed by atoms with Crippen LogP contribution in [0.4, 0.5) is 10.1 Å². The van der Waals surface area contributed by atoms with Gasteiger partial charge in [0, 0.05) is 17.0 Å². The molecule has 0 amide bonds. The van der Waals surface area contributed by atoms with Crippen LogP contribution >= 0.6 is 0 Å². The fourth-order valence-electron chi connectivity index (χ4n) is 1.46. The van der Waals surface area contributed by atoms with Gasteiger partial charge in [-0.05, 0) is 24.6 Å². The molecule has 0 radical (unpaired) electrons. The lowest BCUT2D eigenvalue weighted by molar-refractivity contribution is 0.621. The molecule has 0 saturated heterocycles. The molecule has 0 saturated carbocycles. The van der Waals surface area contributed by atoms with Crippen LogP contribution in [0.3, 0.4) is 0 Å². The van der Waals surface area contributed by atoms with Crippen LogP contribution in [0.25, 0.3) is 10.8 Å². The van der Waals surface area contributed by atoms with Gasteiger partial charge in [-0.15, -0.1) is 0 Å². The van der Waals surface area contributed by atoms with Gasteiger partial charge in [0.1, 0.15) is 5.82 Å². The Morgan fingerprint density at radius 3 is 2.85 bits per heavy atom. The van der Waals surface area contributed by atoms with Crippen molar-refractivity contribution < 1.29 is 4.39 Å². The number of aromatic nitrogens is 1. The molecule has 2 nitrogen and oxygen atoms in total. The predicted octanol–water partition coefficient (Wildman–Crippen LogP) is 2.26. The summed E-state index contributed by atoms with van der Waals surface area (Å²) in [6.07, 6.45) is 3.22. The molecule has 13 heavy (non-hydrogen) atoms. The highest BCUT2D eigenvalue weighted by Crippen LogP contribution is 2.24. The van der Waals surface area contributed by atoms with Gasteiger partial charge in [-0.3, -0.25) is 4.98 Å². The zero-order chi connectivity index (χ0) is 9.42. The van der Waals surface area contributed by atoms with Gasteiger partial charge in [0.25, 0.3) is 0 Å². The Kier molecular flexibility index (Phi) is 1.65. The SMILES string of the molecule is Cc1c(F)ccc2cncc(N)c12. The zero-order valence-corrected chi connectivity index (χ0v) is 7.21. The minimum Gasteiger partial charge on any atom is -0.397 e. The molecule has 0 aliphatic carbocycles. The first-order chi connectivity index (χ1) is 6.20. The fraction of sp³-hybridized carbons (Fsp3) is 0.100. The van der Waals surface area contributed by atoms with Crippen molar-refractivity contribution in [1.29, 1.82) is 0 Å². The van der Waals surface area contributed by atoms with Gasteiger partial charge in [0.2, 0.25) is 0 Å². The van der Waals surface area contributed by atoms with E-state index in [1.165, 1.54) is 12.3 Å². The molecule has 1 aromatic heterocycles. The van der Waals surface area contributed by atoms with Crippen LogP contribution in [0.5, 0.6) is 0 Å². The van der Waals surface area contributed by atoms with Gasteiger partial charge in [-0.1, -0.05) is 0 Å². The minimum atomic E-state index is -0.231. The number of rotatable bonds is 0. The summed E-state index contributed by atoms with van der Waals surface area (Å²) in [7, 11) is 0. The molecule has 0 fully saturated rings. The zero-order valence-electron chi connectivity index (χ0n) is 7.21. The minimum absolute atomic E-state index is 0.231. The first-order valence-electron chi connectivity index (χ1n) is 3.98. The molecule has 2 aromatic rings. The van der Waals surface area contributed by atoms with Crippen molar-refractivity contribution >= 4 is 16.5 Å². The van der Waals surface area contributed by atoms with E-state index < -0.39 is 0 Å².